The third-order valence-electron chi connectivity index (χ3n) is 2.06. The van der Waals surface area contributed by atoms with Crippen molar-refractivity contribution in [3.63, 3.8) is 0 Å². The molecule has 0 saturated carbocycles. The number of aromatic nitrogens is 1. The minimum atomic E-state index is -0.705. The lowest BCUT2D eigenvalue weighted by Crippen LogP contribution is -1.87. The molecule has 0 unspecified atom stereocenters. The molecule has 82 valence electrons. The number of rotatable bonds is 1. The van der Waals surface area contributed by atoms with Crippen molar-refractivity contribution in [3.05, 3.63) is 51.5 Å². The molecule has 0 bridgehead atoms. The van der Waals surface area contributed by atoms with Gasteiger partial charge in [0.25, 0.3) is 0 Å². The van der Waals surface area contributed by atoms with E-state index in [1.807, 2.05) is 0 Å². The standard InChI is InChI=1S/C11H5Cl3FN/c12-8-3-1-2-7(10(8)14)6-4-9(13)11(15)16-5-6/h1-5H. The van der Waals surface area contributed by atoms with E-state index in [2.05, 4.69) is 4.98 Å². The van der Waals surface area contributed by atoms with Crippen molar-refractivity contribution in [2.45, 2.75) is 0 Å². The maximum Gasteiger partial charge on any atom is 0.231 e. The number of hydrogen-bond acceptors (Lipinski definition) is 1. The molecule has 0 aliphatic carbocycles. The summed E-state index contributed by atoms with van der Waals surface area (Å²) in [5, 5.41) is 0.779. The predicted molar refractivity (Wildman–Crippen MR) is 64.7 cm³/mol. The summed E-state index contributed by atoms with van der Waals surface area (Å²) in [5.41, 5.74) is 1.29. The maximum absolute atomic E-state index is 12.9. The molecule has 0 atom stereocenters. The number of benzene rings is 1. The van der Waals surface area contributed by atoms with Crippen LogP contribution in [0.1, 0.15) is 0 Å². The highest BCUT2D eigenvalue weighted by Gasteiger charge is 2.09. The van der Waals surface area contributed by atoms with Gasteiger partial charge in [-0.2, -0.15) is 4.39 Å². The zero-order valence-corrected chi connectivity index (χ0v) is 10.1. The van der Waals surface area contributed by atoms with E-state index in [-0.39, 0.29) is 5.02 Å². The molecule has 2 aromatic rings. The molecule has 0 radical (unpaired) electrons. The van der Waals surface area contributed by atoms with Gasteiger partial charge >= 0.3 is 0 Å². The van der Waals surface area contributed by atoms with Gasteiger partial charge in [0, 0.05) is 17.3 Å². The lowest BCUT2D eigenvalue weighted by molar-refractivity contribution is 0.584. The van der Waals surface area contributed by atoms with Crippen molar-refractivity contribution >= 4 is 34.8 Å². The molecule has 16 heavy (non-hydrogen) atoms. The van der Waals surface area contributed by atoms with E-state index in [0.717, 1.165) is 0 Å². The largest absolute Gasteiger partial charge is 0.231 e. The zero-order chi connectivity index (χ0) is 11.7. The van der Waals surface area contributed by atoms with Crippen LogP contribution in [0.4, 0.5) is 4.39 Å². The zero-order valence-electron chi connectivity index (χ0n) is 7.85. The quantitative estimate of drug-likeness (QED) is 0.679. The summed E-state index contributed by atoms with van der Waals surface area (Å²) in [4.78, 5) is 3.53. The van der Waals surface area contributed by atoms with E-state index >= 15 is 0 Å². The highest BCUT2D eigenvalue weighted by atomic mass is 35.5. The summed E-state index contributed by atoms with van der Waals surface area (Å²) in [7, 11) is 0. The molecule has 1 aromatic carbocycles. The Hall–Kier alpha value is -0.830. The minimum absolute atomic E-state index is 0.0476. The van der Waals surface area contributed by atoms with Crippen LogP contribution in [0.25, 0.3) is 11.1 Å². The molecule has 2 rings (SSSR count). The molecule has 1 aromatic heterocycles. The van der Waals surface area contributed by atoms with Crippen LogP contribution < -0.4 is 0 Å². The highest BCUT2D eigenvalue weighted by Crippen LogP contribution is 2.34. The summed E-state index contributed by atoms with van der Waals surface area (Å²) in [6, 6.07) is 6.65. The fourth-order valence-corrected chi connectivity index (χ4v) is 1.87. The van der Waals surface area contributed by atoms with Crippen molar-refractivity contribution in [1.29, 1.82) is 0 Å². The van der Waals surface area contributed by atoms with Crippen molar-refractivity contribution < 1.29 is 4.39 Å². The van der Waals surface area contributed by atoms with E-state index in [1.54, 1.807) is 18.2 Å². The number of nitrogens with zero attached hydrogens (tertiary/aromatic N) is 1. The van der Waals surface area contributed by atoms with Crippen molar-refractivity contribution in [2.24, 2.45) is 0 Å². The molecule has 0 aliphatic rings. The molecule has 0 N–H and O–H groups in total. The van der Waals surface area contributed by atoms with Gasteiger partial charge in [0.15, 0.2) is 0 Å². The topological polar surface area (TPSA) is 12.9 Å². The van der Waals surface area contributed by atoms with Crippen LogP contribution in [0.15, 0.2) is 30.5 Å². The second-order valence-electron chi connectivity index (χ2n) is 3.10. The lowest BCUT2D eigenvalue weighted by Gasteiger charge is -2.05. The second-order valence-corrected chi connectivity index (χ2v) is 4.29. The Morgan fingerprint density at radius 1 is 1.06 bits per heavy atom. The first-order chi connectivity index (χ1) is 7.59. The van der Waals surface area contributed by atoms with E-state index in [0.29, 0.717) is 21.2 Å². The second kappa shape index (κ2) is 4.58. The SMILES string of the molecule is Fc1ncc(-c2cccc(Cl)c2Cl)cc1Cl. The third kappa shape index (κ3) is 2.14. The molecular weight excluding hydrogens is 271 g/mol. The maximum atomic E-state index is 12.9. The van der Waals surface area contributed by atoms with Gasteiger partial charge in [-0.05, 0) is 12.1 Å². The van der Waals surface area contributed by atoms with Crippen LogP contribution >= 0.6 is 34.8 Å². The Bertz CT molecular complexity index is 543. The number of halogens is 4. The molecule has 0 fully saturated rings. The predicted octanol–water partition coefficient (Wildman–Crippen LogP) is 4.85. The first kappa shape index (κ1) is 11.6. The van der Waals surface area contributed by atoms with Crippen LogP contribution in [0.3, 0.4) is 0 Å². The normalized spacial score (nSPS) is 10.5. The first-order valence-electron chi connectivity index (χ1n) is 4.35. The Labute approximate surface area is 107 Å². The van der Waals surface area contributed by atoms with E-state index in [1.165, 1.54) is 12.3 Å². The van der Waals surface area contributed by atoms with Crippen LogP contribution in [0.2, 0.25) is 15.1 Å². The fraction of sp³-hybridized carbons (Fsp3) is 0. The molecule has 1 nitrogen and oxygen atoms in total. The van der Waals surface area contributed by atoms with E-state index < -0.39 is 5.95 Å². The van der Waals surface area contributed by atoms with Crippen LogP contribution in [0.5, 0.6) is 0 Å². The molecule has 1 heterocycles. The van der Waals surface area contributed by atoms with Crippen LogP contribution in [-0.2, 0) is 0 Å². The van der Waals surface area contributed by atoms with Crippen molar-refractivity contribution in [3.8, 4) is 11.1 Å². The first-order valence-corrected chi connectivity index (χ1v) is 5.48. The van der Waals surface area contributed by atoms with Crippen LogP contribution in [0, 0.1) is 5.95 Å². The van der Waals surface area contributed by atoms with Gasteiger partial charge in [0.1, 0.15) is 0 Å². The molecule has 0 saturated heterocycles. The van der Waals surface area contributed by atoms with Gasteiger partial charge in [-0.25, -0.2) is 4.98 Å². The van der Waals surface area contributed by atoms with Crippen LogP contribution in [-0.4, -0.2) is 4.98 Å². The highest BCUT2D eigenvalue weighted by molar-refractivity contribution is 6.43. The smallest absolute Gasteiger partial charge is 0.226 e. The van der Waals surface area contributed by atoms with Gasteiger partial charge in [-0.1, -0.05) is 46.9 Å². The summed E-state index contributed by atoms with van der Waals surface area (Å²) in [5.74, 6) is -0.705. The molecule has 0 amide bonds. The average Bonchev–Trinajstić information content (AvgIpc) is 2.26. The van der Waals surface area contributed by atoms with Gasteiger partial charge in [-0.15, -0.1) is 0 Å². The van der Waals surface area contributed by atoms with Gasteiger partial charge in [0.2, 0.25) is 5.95 Å². The Balaban J connectivity index is 2.59. The molecule has 0 aliphatic heterocycles. The van der Waals surface area contributed by atoms with Crippen molar-refractivity contribution in [2.75, 3.05) is 0 Å². The van der Waals surface area contributed by atoms with Crippen molar-refractivity contribution in [1.82, 2.24) is 4.98 Å². The molecule has 5 heteroatoms. The van der Waals surface area contributed by atoms with E-state index in [9.17, 15) is 4.39 Å². The molecular formula is C11H5Cl3FN. The van der Waals surface area contributed by atoms with Gasteiger partial charge in [0.05, 0.1) is 15.1 Å². The Morgan fingerprint density at radius 2 is 1.81 bits per heavy atom. The minimum Gasteiger partial charge on any atom is -0.226 e. The summed E-state index contributed by atoms with van der Waals surface area (Å²) >= 11 is 17.5. The number of hydrogen-bond donors (Lipinski definition) is 0. The Morgan fingerprint density at radius 3 is 2.50 bits per heavy atom. The third-order valence-corrected chi connectivity index (χ3v) is 3.14. The number of pyridine rings is 1. The van der Waals surface area contributed by atoms with Gasteiger partial charge in [-0.3, -0.25) is 0 Å². The summed E-state index contributed by atoms with van der Waals surface area (Å²) in [6.07, 6.45) is 1.36. The molecule has 0 spiro atoms. The lowest BCUT2D eigenvalue weighted by atomic mass is 10.1. The van der Waals surface area contributed by atoms with E-state index in [4.69, 9.17) is 34.8 Å². The summed E-state index contributed by atoms with van der Waals surface area (Å²) in [6.45, 7) is 0. The summed E-state index contributed by atoms with van der Waals surface area (Å²) < 4.78 is 12.9. The average molecular weight is 277 g/mol. The fourth-order valence-electron chi connectivity index (χ4n) is 1.30. The van der Waals surface area contributed by atoms with Gasteiger partial charge < -0.3 is 0 Å². The monoisotopic (exact) mass is 275 g/mol. The Kier molecular flexibility index (Phi) is 3.33.